The quantitative estimate of drug-likeness (QED) is 0.813. The smallest absolute Gasteiger partial charge is 0.0435 e. The SMILES string of the molecule is CCCC(N)Cc1ccc(Cl)c(C)c1. The maximum atomic E-state index is 5.97. The molecule has 2 N–H and O–H groups in total. The molecule has 0 radical (unpaired) electrons. The molecule has 0 saturated carbocycles. The monoisotopic (exact) mass is 211 g/mol. The van der Waals surface area contributed by atoms with E-state index in [2.05, 4.69) is 19.1 Å². The second kappa shape index (κ2) is 5.38. The fourth-order valence-corrected chi connectivity index (χ4v) is 1.73. The second-order valence-corrected chi connectivity index (χ2v) is 4.24. The molecule has 1 atom stereocenters. The van der Waals surface area contributed by atoms with Crippen molar-refractivity contribution in [2.45, 2.75) is 39.2 Å². The molecule has 0 aliphatic heterocycles. The van der Waals surface area contributed by atoms with Gasteiger partial charge in [0.05, 0.1) is 0 Å². The molecule has 0 aromatic heterocycles. The molecule has 78 valence electrons. The molecule has 1 unspecified atom stereocenters. The highest BCUT2D eigenvalue weighted by Crippen LogP contribution is 2.17. The van der Waals surface area contributed by atoms with Gasteiger partial charge in [-0.15, -0.1) is 0 Å². The first-order valence-electron chi connectivity index (χ1n) is 5.14. The van der Waals surface area contributed by atoms with E-state index in [-0.39, 0.29) is 6.04 Å². The zero-order valence-corrected chi connectivity index (χ0v) is 9.64. The second-order valence-electron chi connectivity index (χ2n) is 3.84. The van der Waals surface area contributed by atoms with E-state index in [0.717, 1.165) is 29.8 Å². The molecule has 0 spiro atoms. The van der Waals surface area contributed by atoms with E-state index < -0.39 is 0 Å². The number of benzene rings is 1. The summed E-state index contributed by atoms with van der Waals surface area (Å²) in [5.41, 5.74) is 8.39. The van der Waals surface area contributed by atoms with Gasteiger partial charge in [-0.2, -0.15) is 0 Å². The Labute approximate surface area is 91.3 Å². The maximum absolute atomic E-state index is 5.97. The summed E-state index contributed by atoms with van der Waals surface area (Å²) in [5.74, 6) is 0. The van der Waals surface area contributed by atoms with Crippen molar-refractivity contribution in [3.63, 3.8) is 0 Å². The minimum absolute atomic E-state index is 0.278. The first kappa shape index (κ1) is 11.5. The highest BCUT2D eigenvalue weighted by molar-refractivity contribution is 6.31. The molecule has 1 aromatic rings. The fourth-order valence-electron chi connectivity index (χ4n) is 1.61. The number of hydrogen-bond donors (Lipinski definition) is 1. The lowest BCUT2D eigenvalue weighted by molar-refractivity contribution is 0.600. The molecule has 1 nitrogen and oxygen atoms in total. The minimum Gasteiger partial charge on any atom is -0.327 e. The lowest BCUT2D eigenvalue weighted by Crippen LogP contribution is -2.22. The summed E-state index contributed by atoms with van der Waals surface area (Å²) in [4.78, 5) is 0. The Kier molecular flexibility index (Phi) is 4.43. The molecule has 0 saturated heterocycles. The van der Waals surface area contributed by atoms with Gasteiger partial charge in [-0.1, -0.05) is 37.1 Å². The van der Waals surface area contributed by atoms with Crippen LogP contribution in [0.15, 0.2) is 18.2 Å². The molecule has 0 aliphatic rings. The van der Waals surface area contributed by atoms with Crippen molar-refractivity contribution in [1.82, 2.24) is 0 Å². The van der Waals surface area contributed by atoms with Gasteiger partial charge in [0.2, 0.25) is 0 Å². The van der Waals surface area contributed by atoms with Crippen LogP contribution in [0.1, 0.15) is 30.9 Å². The topological polar surface area (TPSA) is 26.0 Å². The van der Waals surface area contributed by atoms with Crippen LogP contribution in [0.5, 0.6) is 0 Å². The van der Waals surface area contributed by atoms with Gasteiger partial charge >= 0.3 is 0 Å². The number of hydrogen-bond acceptors (Lipinski definition) is 1. The van der Waals surface area contributed by atoms with Crippen molar-refractivity contribution in [3.05, 3.63) is 34.3 Å². The summed E-state index contributed by atoms with van der Waals surface area (Å²) in [6.45, 7) is 4.18. The number of halogens is 1. The van der Waals surface area contributed by atoms with Gasteiger partial charge in [-0.3, -0.25) is 0 Å². The maximum Gasteiger partial charge on any atom is 0.0435 e. The summed E-state index contributed by atoms with van der Waals surface area (Å²) < 4.78 is 0. The largest absolute Gasteiger partial charge is 0.327 e. The summed E-state index contributed by atoms with van der Waals surface area (Å²) in [6, 6.07) is 6.41. The molecule has 0 aliphatic carbocycles. The van der Waals surface area contributed by atoms with Crippen molar-refractivity contribution in [2.24, 2.45) is 5.73 Å². The van der Waals surface area contributed by atoms with Gasteiger partial charge in [0.1, 0.15) is 0 Å². The van der Waals surface area contributed by atoms with Crippen LogP contribution >= 0.6 is 11.6 Å². The molecule has 2 heteroatoms. The van der Waals surface area contributed by atoms with Crippen molar-refractivity contribution < 1.29 is 0 Å². The highest BCUT2D eigenvalue weighted by Gasteiger charge is 2.04. The molecule has 0 bridgehead atoms. The van der Waals surface area contributed by atoms with Gasteiger partial charge < -0.3 is 5.73 Å². The highest BCUT2D eigenvalue weighted by atomic mass is 35.5. The predicted octanol–water partition coefficient (Wildman–Crippen LogP) is 3.32. The van der Waals surface area contributed by atoms with E-state index in [9.17, 15) is 0 Å². The average molecular weight is 212 g/mol. The van der Waals surface area contributed by atoms with Crippen molar-refractivity contribution >= 4 is 11.6 Å². The van der Waals surface area contributed by atoms with E-state index in [1.165, 1.54) is 5.56 Å². The van der Waals surface area contributed by atoms with Crippen LogP contribution in [0.4, 0.5) is 0 Å². The van der Waals surface area contributed by atoms with Crippen molar-refractivity contribution in [1.29, 1.82) is 0 Å². The van der Waals surface area contributed by atoms with Gasteiger partial charge in [0, 0.05) is 11.1 Å². The normalized spacial score (nSPS) is 12.9. The zero-order chi connectivity index (χ0) is 10.6. The molecule has 1 rings (SSSR count). The van der Waals surface area contributed by atoms with E-state index in [1.54, 1.807) is 0 Å². The molecular weight excluding hydrogens is 194 g/mol. The number of nitrogens with two attached hydrogens (primary N) is 1. The van der Waals surface area contributed by atoms with Crippen LogP contribution in [0.3, 0.4) is 0 Å². The average Bonchev–Trinajstić information content (AvgIpc) is 2.12. The fraction of sp³-hybridized carbons (Fsp3) is 0.500. The first-order chi connectivity index (χ1) is 6.63. The Morgan fingerprint density at radius 2 is 2.14 bits per heavy atom. The number of rotatable bonds is 4. The van der Waals surface area contributed by atoms with Crippen LogP contribution in [-0.4, -0.2) is 6.04 Å². The van der Waals surface area contributed by atoms with E-state index in [4.69, 9.17) is 17.3 Å². The third-order valence-corrected chi connectivity index (χ3v) is 2.80. The van der Waals surface area contributed by atoms with Gasteiger partial charge in [0.15, 0.2) is 0 Å². The zero-order valence-electron chi connectivity index (χ0n) is 8.89. The van der Waals surface area contributed by atoms with Crippen LogP contribution < -0.4 is 5.73 Å². The van der Waals surface area contributed by atoms with Crippen molar-refractivity contribution in [2.75, 3.05) is 0 Å². The minimum atomic E-state index is 0.278. The summed E-state index contributed by atoms with van der Waals surface area (Å²) in [5, 5.41) is 0.831. The van der Waals surface area contributed by atoms with Crippen LogP contribution in [0.25, 0.3) is 0 Å². The Bertz CT molecular complexity index is 296. The predicted molar refractivity (Wildman–Crippen MR) is 62.8 cm³/mol. The van der Waals surface area contributed by atoms with Gasteiger partial charge in [-0.05, 0) is 37.0 Å². The van der Waals surface area contributed by atoms with E-state index >= 15 is 0 Å². The standard InChI is InChI=1S/C12H18ClN/c1-3-4-11(14)8-10-5-6-12(13)9(2)7-10/h5-7,11H,3-4,8,14H2,1-2H3. The molecular formula is C12H18ClN. The van der Waals surface area contributed by atoms with E-state index in [1.807, 2.05) is 13.0 Å². The Hall–Kier alpha value is -0.530. The number of aryl methyl sites for hydroxylation is 1. The van der Waals surface area contributed by atoms with Crippen molar-refractivity contribution in [3.8, 4) is 0 Å². The third kappa shape index (κ3) is 3.32. The third-order valence-electron chi connectivity index (χ3n) is 2.38. The molecule has 0 heterocycles. The molecule has 0 fully saturated rings. The van der Waals surface area contributed by atoms with Crippen LogP contribution in [0.2, 0.25) is 5.02 Å². The summed E-state index contributed by atoms with van der Waals surface area (Å²) in [6.07, 6.45) is 3.18. The Morgan fingerprint density at radius 3 is 2.71 bits per heavy atom. The lowest BCUT2D eigenvalue weighted by atomic mass is 10.0. The molecule has 0 amide bonds. The van der Waals surface area contributed by atoms with Crippen LogP contribution in [0, 0.1) is 6.92 Å². The summed E-state index contributed by atoms with van der Waals surface area (Å²) in [7, 11) is 0. The Balaban J connectivity index is 2.63. The lowest BCUT2D eigenvalue weighted by Gasteiger charge is -2.10. The van der Waals surface area contributed by atoms with E-state index in [0.29, 0.717) is 0 Å². The first-order valence-corrected chi connectivity index (χ1v) is 5.52. The molecule has 1 aromatic carbocycles. The van der Waals surface area contributed by atoms with Gasteiger partial charge in [-0.25, -0.2) is 0 Å². The van der Waals surface area contributed by atoms with Gasteiger partial charge in [0.25, 0.3) is 0 Å². The van der Waals surface area contributed by atoms with Crippen LogP contribution in [-0.2, 0) is 6.42 Å². The molecule has 14 heavy (non-hydrogen) atoms. The Morgan fingerprint density at radius 1 is 1.43 bits per heavy atom. The summed E-state index contributed by atoms with van der Waals surface area (Å²) >= 11 is 5.95.